The van der Waals surface area contributed by atoms with Gasteiger partial charge in [-0.3, -0.25) is 4.68 Å². The fourth-order valence-corrected chi connectivity index (χ4v) is 2.11. The lowest BCUT2D eigenvalue weighted by Gasteiger charge is -2.06. The van der Waals surface area contributed by atoms with Crippen molar-refractivity contribution in [2.45, 2.75) is 20.4 Å². The Kier molecular flexibility index (Phi) is 3.67. The number of rotatable bonds is 3. The number of benzene rings is 1. The van der Waals surface area contributed by atoms with Crippen LogP contribution in [-0.4, -0.2) is 16.0 Å². The van der Waals surface area contributed by atoms with Crippen LogP contribution in [0.25, 0.3) is 0 Å². The Balaban J connectivity index is 2.36. The lowest BCUT2D eigenvalue weighted by molar-refractivity contribution is 0.659. The molecular formula is C13H15ClN4. The van der Waals surface area contributed by atoms with Crippen LogP contribution in [0, 0.1) is 13.8 Å². The highest BCUT2D eigenvalue weighted by molar-refractivity contribution is 6.31. The number of hydrogen-bond acceptors (Lipinski definition) is 3. The van der Waals surface area contributed by atoms with Gasteiger partial charge in [-0.25, -0.2) is 0 Å². The summed E-state index contributed by atoms with van der Waals surface area (Å²) in [4.78, 5) is 0. The van der Waals surface area contributed by atoms with Gasteiger partial charge in [0.1, 0.15) is 0 Å². The number of halogens is 1. The Morgan fingerprint density at radius 1 is 1.39 bits per heavy atom. The maximum atomic E-state index is 6.15. The van der Waals surface area contributed by atoms with Gasteiger partial charge in [0, 0.05) is 16.3 Å². The van der Waals surface area contributed by atoms with Crippen LogP contribution in [0.2, 0.25) is 5.02 Å². The van der Waals surface area contributed by atoms with Gasteiger partial charge in [-0.2, -0.15) is 10.2 Å². The molecule has 0 radical (unpaired) electrons. The van der Waals surface area contributed by atoms with Crippen molar-refractivity contribution in [3.05, 3.63) is 51.8 Å². The van der Waals surface area contributed by atoms with Crippen LogP contribution in [-0.2, 0) is 6.54 Å². The van der Waals surface area contributed by atoms with Crippen molar-refractivity contribution >= 4 is 17.8 Å². The molecule has 0 atom stereocenters. The first-order valence-corrected chi connectivity index (χ1v) is 6.02. The molecule has 5 heteroatoms. The largest absolute Gasteiger partial charge is 0.323 e. The lowest BCUT2D eigenvalue weighted by Crippen LogP contribution is -2.04. The molecule has 94 valence electrons. The van der Waals surface area contributed by atoms with Gasteiger partial charge in [-0.15, -0.1) is 0 Å². The summed E-state index contributed by atoms with van der Waals surface area (Å²) in [6, 6.07) is 7.76. The molecule has 2 aromatic rings. The van der Waals surface area contributed by atoms with Crippen LogP contribution in [0.15, 0.2) is 29.4 Å². The first kappa shape index (κ1) is 12.6. The number of aromatic nitrogens is 2. The molecule has 2 rings (SSSR count). The van der Waals surface area contributed by atoms with E-state index in [9.17, 15) is 0 Å². The zero-order chi connectivity index (χ0) is 13.1. The van der Waals surface area contributed by atoms with E-state index < -0.39 is 0 Å². The summed E-state index contributed by atoms with van der Waals surface area (Å²) in [5, 5.41) is 8.79. The summed E-state index contributed by atoms with van der Waals surface area (Å²) >= 11 is 6.15. The van der Waals surface area contributed by atoms with Crippen molar-refractivity contribution in [1.29, 1.82) is 0 Å². The minimum absolute atomic E-state index is 0.644. The molecule has 0 saturated heterocycles. The quantitative estimate of drug-likeness (QED) is 0.525. The molecule has 1 heterocycles. The van der Waals surface area contributed by atoms with Crippen LogP contribution in [0.4, 0.5) is 0 Å². The smallest absolute Gasteiger partial charge is 0.0685 e. The molecule has 0 aliphatic rings. The van der Waals surface area contributed by atoms with Gasteiger partial charge in [0.05, 0.1) is 18.5 Å². The molecule has 1 aromatic heterocycles. The Hall–Kier alpha value is -1.81. The number of aryl methyl sites for hydroxylation is 1. The van der Waals surface area contributed by atoms with Crippen molar-refractivity contribution in [2.75, 3.05) is 0 Å². The fourth-order valence-electron chi connectivity index (χ4n) is 1.91. The zero-order valence-corrected chi connectivity index (χ0v) is 11.1. The molecule has 18 heavy (non-hydrogen) atoms. The minimum Gasteiger partial charge on any atom is -0.323 e. The van der Waals surface area contributed by atoms with E-state index in [2.05, 4.69) is 10.2 Å². The molecule has 1 aromatic carbocycles. The van der Waals surface area contributed by atoms with Crippen LogP contribution < -0.4 is 5.84 Å². The number of nitrogens with zero attached hydrogens (tertiary/aromatic N) is 3. The summed E-state index contributed by atoms with van der Waals surface area (Å²) in [5.41, 5.74) is 3.95. The number of nitrogens with two attached hydrogens (primary N) is 1. The summed E-state index contributed by atoms with van der Waals surface area (Å²) in [5.74, 6) is 5.20. The molecule has 0 amide bonds. The average Bonchev–Trinajstić information content (AvgIpc) is 2.60. The molecule has 0 bridgehead atoms. The average molecular weight is 263 g/mol. The molecule has 0 aliphatic carbocycles. The third-order valence-corrected chi connectivity index (χ3v) is 3.29. The minimum atomic E-state index is 0.644. The van der Waals surface area contributed by atoms with Crippen molar-refractivity contribution < 1.29 is 0 Å². The van der Waals surface area contributed by atoms with Gasteiger partial charge < -0.3 is 5.84 Å². The van der Waals surface area contributed by atoms with Crippen LogP contribution in [0.1, 0.15) is 22.5 Å². The topological polar surface area (TPSA) is 56.2 Å². The highest BCUT2D eigenvalue weighted by Gasteiger charge is 2.10. The second kappa shape index (κ2) is 5.23. The Labute approximate surface area is 111 Å². The van der Waals surface area contributed by atoms with Gasteiger partial charge >= 0.3 is 0 Å². The van der Waals surface area contributed by atoms with Crippen LogP contribution in [0.3, 0.4) is 0 Å². The Morgan fingerprint density at radius 2 is 2.11 bits per heavy atom. The summed E-state index contributed by atoms with van der Waals surface area (Å²) < 4.78 is 1.91. The standard InChI is InChI=1S/C13H15ClN4/c1-9-12(7-16-15)10(2)18(17-9)8-11-5-3-4-6-13(11)14/h3-7H,8,15H2,1-2H3/b16-7-. The Morgan fingerprint density at radius 3 is 2.78 bits per heavy atom. The highest BCUT2D eigenvalue weighted by atomic mass is 35.5. The van der Waals surface area contributed by atoms with E-state index >= 15 is 0 Å². The SMILES string of the molecule is Cc1nn(Cc2ccccc2Cl)c(C)c1/C=N\N. The zero-order valence-electron chi connectivity index (χ0n) is 10.4. The summed E-state index contributed by atoms with van der Waals surface area (Å²) in [6.45, 7) is 4.58. The summed E-state index contributed by atoms with van der Waals surface area (Å²) in [6.07, 6.45) is 1.63. The third kappa shape index (κ3) is 2.38. The second-order valence-corrected chi connectivity index (χ2v) is 4.52. The molecule has 4 nitrogen and oxygen atoms in total. The van der Waals surface area contributed by atoms with Gasteiger partial charge in [0.2, 0.25) is 0 Å². The predicted octanol–water partition coefficient (Wildman–Crippen LogP) is 2.49. The van der Waals surface area contributed by atoms with Crippen LogP contribution >= 0.6 is 11.6 Å². The maximum absolute atomic E-state index is 6.15. The lowest BCUT2D eigenvalue weighted by atomic mass is 10.2. The molecular weight excluding hydrogens is 248 g/mol. The van der Waals surface area contributed by atoms with Gasteiger partial charge in [-0.05, 0) is 25.5 Å². The second-order valence-electron chi connectivity index (χ2n) is 4.11. The van der Waals surface area contributed by atoms with E-state index in [-0.39, 0.29) is 0 Å². The van der Waals surface area contributed by atoms with E-state index in [0.717, 1.165) is 27.5 Å². The molecule has 0 spiro atoms. The Bertz CT molecular complexity index is 587. The normalized spacial score (nSPS) is 11.3. The first-order chi connectivity index (χ1) is 8.63. The molecule has 0 saturated carbocycles. The highest BCUT2D eigenvalue weighted by Crippen LogP contribution is 2.18. The first-order valence-electron chi connectivity index (χ1n) is 5.64. The van der Waals surface area contributed by atoms with E-state index in [1.165, 1.54) is 0 Å². The fraction of sp³-hybridized carbons (Fsp3) is 0.231. The van der Waals surface area contributed by atoms with Gasteiger partial charge in [0.25, 0.3) is 0 Å². The molecule has 0 unspecified atom stereocenters. The molecule has 0 fully saturated rings. The van der Waals surface area contributed by atoms with Crippen molar-refractivity contribution in [1.82, 2.24) is 9.78 Å². The maximum Gasteiger partial charge on any atom is 0.0685 e. The van der Waals surface area contributed by atoms with Gasteiger partial charge in [-0.1, -0.05) is 29.8 Å². The predicted molar refractivity (Wildman–Crippen MR) is 74.0 cm³/mol. The molecule has 2 N–H and O–H groups in total. The van der Waals surface area contributed by atoms with E-state index in [1.54, 1.807) is 6.21 Å². The van der Waals surface area contributed by atoms with Crippen molar-refractivity contribution in [3.8, 4) is 0 Å². The number of hydrazone groups is 1. The third-order valence-electron chi connectivity index (χ3n) is 2.92. The number of hydrogen-bond donors (Lipinski definition) is 1. The molecule has 0 aliphatic heterocycles. The van der Waals surface area contributed by atoms with E-state index in [0.29, 0.717) is 6.54 Å². The van der Waals surface area contributed by atoms with E-state index in [1.807, 2.05) is 42.8 Å². The monoisotopic (exact) mass is 262 g/mol. The van der Waals surface area contributed by atoms with E-state index in [4.69, 9.17) is 17.4 Å². The summed E-state index contributed by atoms with van der Waals surface area (Å²) in [7, 11) is 0. The van der Waals surface area contributed by atoms with Gasteiger partial charge in [0.15, 0.2) is 0 Å². The van der Waals surface area contributed by atoms with Crippen molar-refractivity contribution in [3.63, 3.8) is 0 Å². The van der Waals surface area contributed by atoms with Crippen LogP contribution in [0.5, 0.6) is 0 Å². The van der Waals surface area contributed by atoms with Crippen molar-refractivity contribution in [2.24, 2.45) is 10.9 Å².